The summed E-state index contributed by atoms with van der Waals surface area (Å²) in [6, 6.07) is 18.6. The summed E-state index contributed by atoms with van der Waals surface area (Å²) < 4.78 is 4.86. The summed E-state index contributed by atoms with van der Waals surface area (Å²) in [4.78, 5) is 26.2. The number of carbonyl (C=O) groups is 2. The Balaban J connectivity index is 1.99. The molecule has 0 bridgehead atoms. The standard InChI is InChI=1S/C20H17NO4S/c1-13-8-10-15(11-9-13)21(2)18(22)16-12-17(14-6-4-3-5-7-14)26-19(16)25-20(23)24/h3-12H,1-2H3,(H,23,24). The molecule has 0 atom stereocenters. The van der Waals surface area contributed by atoms with Gasteiger partial charge in [0.2, 0.25) is 5.06 Å². The number of rotatable bonds is 4. The zero-order valence-electron chi connectivity index (χ0n) is 14.3. The summed E-state index contributed by atoms with van der Waals surface area (Å²) in [5.74, 6) is -0.330. The third-order valence-electron chi connectivity index (χ3n) is 3.89. The molecule has 1 N–H and O–H groups in total. The third-order valence-corrected chi connectivity index (χ3v) is 4.95. The Morgan fingerprint density at radius 3 is 2.31 bits per heavy atom. The van der Waals surface area contributed by atoms with Crippen LogP contribution >= 0.6 is 11.3 Å². The monoisotopic (exact) mass is 367 g/mol. The molecule has 0 aliphatic rings. The Morgan fingerprint density at radius 1 is 1.04 bits per heavy atom. The first kappa shape index (κ1) is 17.7. The van der Waals surface area contributed by atoms with Gasteiger partial charge in [-0.15, -0.1) is 0 Å². The van der Waals surface area contributed by atoms with Crippen LogP contribution in [0.1, 0.15) is 15.9 Å². The molecule has 5 nitrogen and oxygen atoms in total. The molecule has 3 rings (SSSR count). The van der Waals surface area contributed by atoms with Crippen molar-refractivity contribution >= 4 is 29.1 Å². The number of carbonyl (C=O) groups excluding carboxylic acids is 1. The molecule has 0 radical (unpaired) electrons. The van der Waals surface area contributed by atoms with Gasteiger partial charge in [-0.25, -0.2) is 4.79 Å². The van der Waals surface area contributed by atoms with Crippen LogP contribution < -0.4 is 9.64 Å². The van der Waals surface area contributed by atoms with E-state index in [1.54, 1.807) is 13.1 Å². The maximum Gasteiger partial charge on any atom is 0.512 e. The molecule has 0 aliphatic carbocycles. The number of carboxylic acid groups (broad SMARTS) is 1. The third kappa shape index (κ3) is 3.75. The fourth-order valence-electron chi connectivity index (χ4n) is 2.49. The lowest BCUT2D eigenvalue weighted by Crippen LogP contribution is -2.26. The Labute approximate surface area is 155 Å². The lowest BCUT2D eigenvalue weighted by Gasteiger charge is -2.17. The minimum Gasteiger partial charge on any atom is -0.449 e. The summed E-state index contributed by atoms with van der Waals surface area (Å²) in [5, 5.41) is 9.07. The lowest BCUT2D eigenvalue weighted by molar-refractivity contribution is 0.0990. The number of benzene rings is 2. The number of thiophene rings is 1. The van der Waals surface area contributed by atoms with Crippen LogP contribution in [0.2, 0.25) is 0 Å². The van der Waals surface area contributed by atoms with E-state index in [1.807, 2.05) is 61.5 Å². The van der Waals surface area contributed by atoms with E-state index in [4.69, 9.17) is 9.84 Å². The van der Waals surface area contributed by atoms with E-state index in [0.29, 0.717) is 5.69 Å². The van der Waals surface area contributed by atoms with E-state index < -0.39 is 6.16 Å². The molecule has 0 spiro atoms. The molecule has 6 heteroatoms. The molecular formula is C20H17NO4S. The fraction of sp³-hybridized carbons (Fsp3) is 0.100. The van der Waals surface area contributed by atoms with E-state index in [0.717, 1.165) is 27.3 Å². The van der Waals surface area contributed by atoms with Crippen molar-refractivity contribution in [3.8, 4) is 15.5 Å². The second-order valence-corrected chi connectivity index (χ2v) is 6.76. The van der Waals surface area contributed by atoms with Crippen LogP contribution in [0.3, 0.4) is 0 Å². The van der Waals surface area contributed by atoms with Crippen molar-refractivity contribution in [2.45, 2.75) is 6.92 Å². The first-order chi connectivity index (χ1) is 12.5. The van der Waals surface area contributed by atoms with Gasteiger partial charge in [-0.2, -0.15) is 0 Å². The summed E-state index contributed by atoms with van der Waals surface area (Å²) in [6.07, 6.45) is -1.45. The highest BCUT2D eigenvalue weighted by Crippen LogP contribution is 2.38. The van der Waals surface area contributed by atoms with Crippen LogP contribution in [0, 0.1) is 6.92 Å². The first-order valence-electron chi connectivity index (χ1n) is 7.90. The van der Waals surface area contributed by atoms with Crippen molar-refractivity contribution in [1.82, 2.24) is 0 Å². The van der Waals surface area contributed by atoms with E-state index in [2.05, 4.69) is 0 Å². The maximum absolute atomic E-state index is 12.9. The van der Waals surface area contributed by atoms with Gasteiger partial charge in [0.05, 0.1) is 5.56 Å². The number of anilines is 1. The smallest absolute Gasteiger partial charge is 0.449 e. The van der Waals surface area contributed by atoms with Gasteiger partial charge >= 0.3 is 6.16 Å². The Hall–Kier alpha value is -3.12. The predicted molar refractivity (Wildman–Crippen MR) is 102 cm³/mol. The van der Waals surface area contributed by atoms with Crippen LogP contribution in [0.25, 0.3) is 10.4 Å². The molecule has 2 aromatic carbocycles. The Morgan fingerprint density at radius 2 is 1.69 bits per heavy atom. The van der Waals surface area contributed by atoms with Gasteiger partial charge in [-0.1, -0.05) is 59.4 Å². The molecule has 0 saturated heterocycles. The highest BCUT2D eigenvalue weighted by atomic mass is 32.1. The van der Waals surface area contributed by atoms with Gasteiger partial charge in [-0.3, -0.25) is 4.79 Å². The van der Waals surface area contributed by atoms with Gasteiger partial charge in [-0.05, 0) is 30.7 Å². The van der Waals surface area contributed by atoms with Crippen LogP contribution in [0.5, 0.6) is 5.06 Å². The molecule has 0 saturated carbocycles. The maximum atomic E-state index is 12.9. The lowest BCUT2D eigenvalue weighted by atomic mass is 10.1. The highest BCUT2D eigenvalue weighted by molar-refractivity contribution is 7.17. The minimum atomic E-state index is -1.45. The van der Waals surface area contributed by atoms with Crippen molar-refractivity contribution in [2.24, 2.45) is 0 Å². The summed E-state index contributed by atoms with van der Waals surface area (Å²) in [7, 11) is 1.65. The molecule has 3 aromatic rings. The quantitative estimate of drug-likeness (QED) is 0.655. The molecule has 26 heavy (non-hydrogen) atoms. The largest absolute Gasteiger partial charge is 0.512 e. The number of nitrogens with zero attached hydrogens (tertiary/aromatic N) is 1. The Kier molecular flexibility index (Phi) is 5.04. The molecule has 0 unspecified atom stereocenters. The molecule has 0 fully saturated rings. The van der Waals surface area contributed by atoms with Gasteiger partial charge in [0.25, 0.3) is 5.91 Å². The molecule has 1 heterocycles. The summed E-state index contributed by atoms with van der Waals surface area (Å²) in [5.41, 5.74) is 2.92. The number of hydrogen-bond acceptors (Lipinski definition) is 4. The number of aryl methyl sites for hydroxylation is 1. The van der Waals surface area contributed by atoms with Crippen molar-refractivity contribution in [3.63, 3.8) is 0 Å². The SMILES string of the molecule is Cc1ccc(N(C)C(=O)c2cc(-c3ccccc3)sc2OC(=O)O)cc1. The predicted octanol–water partition coefficient (Wildman–Crippen LogP) is 5.06. The second kappa shape index (κ2) is 7.41. The van der Waals surface area contributed by atoms with Crippen molar-refractivity contribution in [3.05, 3.63) is 71.8 Å². The number of amides is 1. The van der Waals surface area contributed by atoms with Gasteiger partial charge in [0.1, 0.15) is 0 Å². The van der Waals surface area contributed by atoms with Crippen LogP contribution in [-0.2, 0) is 0 Å². The van der Waals surface area contributed by atoms with Crippen molar-refractivity contribution in [1.29, 1.82) is 0 Å². The normalized spacial score (nSPS) is 10.4. The Bertz CT molecular complexity index is 932. The van der Waals surface area contributed by atoms with E-state index in [9.17, 15) is 9.59 Å². The van der Waals surface area contributed by atoms with Crippen molar-refractivity contribution in [2.75, 3.05) is 11.9 Å². The topological polar surface area (TPSA) is 66.8 Å². The van der Waals surface area contributed by atoms with Gasteiger partial charge < -0.3 is 14.7 Å². The zero-order chi connectivity index (χ0) is 18.7. The number of hydrogen-bond donors (Lipinski definition) is 1. The summed E-state index contributed by atoms with van der Waals surface area (Å²) in [6.45, 7) is 1.97. The van der Waals surface area contributed by atoms with Crippen LogP contribution in [-0.4, -0.2) is 24.2 Å². The zero-order valence-corrected chi connectivity index (χ0v) is 15.1. The average Bonchev–Trinajstić information content (AvgIpc) is 3.05. The second-order valence-electron chi connectivity index (χ2n) is 5.75. The van der Waals surface area contributed by atoms with Gasteiger partial charge in [0.15, 0.2) is 0 Å². The minimum absolute atomic E-state index is 0.0697. The molecular weight excluding hydrogens is 350 g/mol. The van der Waals surface area contributed by atoms with E-state index >= 15 is 0 Å². The van der Waals surface area contributed by atoms with Gasteiger partial charge in [0, 0.05) is 17.6 Å². The van der Waals surface area contributed by atoms with Crippen LogP contribution in [0.15, 0.2) is 60.7 Å². The molecule has 132 valence electrons. The average molecular weight is 367 g/mol. The highest BCUT2D eigenvalue weighted by Gasteiger charge is 2.23. The first-order valence-corrected chi connectivity index (χ1v) is 8.72. The molecule has 1 amide bonds. The van der Waals surface area contributed by atoms with Crippen molar-refractivity contribution < 1.29 is 19.4 Å². The molecule has 1 aromatic heterocycles. The molecule has 0 aliphatic heterocycles. The fourth-order valence-corrected chi connectivity index (χ4v) is 3.49. The van der Waals surface area contributed by atoms with Crippen LogP contribution in [0.4, 0.5) is 10.5 Å². The van der Waals surface area contributed by atoms with E-state index in [1.165, 1.54) is 4.90 Å². The summed E-state index contributed by atoms with van der Waals surface area (Å²) >= 11 is 1.13. The van der Waals surface area contributed by atoms with E-state index in [-0.39, 0.29) is 16.5 Å². The number of ether oxygens (including phenoxy) is 1.